The molecule has 66 valence electrons. The van der Waals surface area contributed by atoms with E-state index in [1.807, 2.05) is 0 Å². The van der Waals surface area contributed by atoms with Crippen molar-refractivity contribution < 1.29 is 8.78 Å². The summed E-state index contributed by atoms with van der Waals surface area (Å²) in [6, 6.07) is 0. The highest BCUT2D eigenvalue weighted by molar-refractivity contribution is 6.33. The molecular formula is C7H7ClF2N2. The zero-order valence-electron chi connectivity index (χ0n) is 6.31. The van der Waals surface area contributed by atoms with Gasteiger partial charge in [0.05, 0.1) is 16.3 Å². The van der Waals surface area contributed by atoms with Gasteiger partial charge in [0.25, 0.3) is 6.43 Å². The van der Waals surface area contributed by atoms with E-state index in [-0.39, 0.29) is 22.0 Å². The fraction of sp³-hybridized carbons (Fsp3) is 0.286. The summed E-state index contributed by atoms with van der Waals surface area (Å²) in [6.07, 6.45) is -1.37. The maximum Gasteiger partial charge on any atom is 0.267 e. The molecule has 0 spiro atoms. The van der Waals surface area contributed by atoms with Crippen LogP contribution >= 0.6 is 11.6 Å². The molecule has 0 fully saturated rings. The van der Waals surface area contributed by atoms with Crippen LogP contribution in [0.3, 0.4) is 0 Å². The zero-order valence-corrected chi connectivity index (χ0v) is 7.07. The van der Waals surface area contributed by atoms with Crippen LogP contribution in [0.5, 0.6) is 0 Å². The molecule has 5 heteroatoms. The third kappa shape index (κ3) is 1.48. The van der Waals surface area contributed by atoms with E-state index in [0.717, 1.165) is 0 Å². The molecule has 12 heavy (non-hydrogen) atoms. The average Bonchev–Trinajstić information content (AvgIpc) is 1.97. The van der Waals surface area contributed by atoms with Crippen LogP contribution in [0, 0.1) is 6.92 Å². The van der Waals surface area contributed by atoms with Crippen LogP contribution < -0.4 is 5.73 Å². The van der Waals surface area contributed by atoms with Crippen molar-refractivity contribution in [3.8, 4) is 0 Å². The van der Waals surface area contributed by atoms with Crippen LogP contribution in [0.4, 0.5) is 14.5 Å². The molecule has 0 bridgehead atoms. The molecule has 1 aromatic rings. The minimum atomic E-state index is -2.63. The lowest BCUT2D eigenvalue weighted by Gasteiger charge is -2.08. The largest absolute Gasteiger partial charge is 0.397 e. The number of aromatic nitrogens is 1. The average molecular weight is 193 g/mol. The number of nitrogens with two attached hydrogens (primary N) is 1. The van der Waals surface area contributed by atoms with E-state index < -0.39 is 6.43 Å². The van der Waals surface area contributed by atoms with Crippen molar-refractivity contribution in [2.24, 2.45) is 0 Å². The normalized spacial score (nSPS) is 10.8. The summed E-state index contributed by atoms with van der Waals surface area (Å²) in [4.78, 5) is 3.67. The van der Waals surface area contributed by atoms with Crippen molar-refractivity contribution >= 4 is 17.3 Å². The Labute approximate surface area is 73.4 Å². The second kappa shape index (κ2) is 3.23. The number of aryl methyl sites for hydroxylation is 1. The molecular weight excluding hydrogens is 186 g/mol. The van der Waals surface area contributed by atoms with Crippen LogP contribution in [-0.4, -0.2) is 4.98 Å². The summed E-state index contributed by atoms with van der Waals surface area (Å²) in [5.41, 5.74) is 5.19. The first-order chi connectivity index (χ1) is 5.54. The molecule has 1 rings (SSSR count). The van der Waals surface area contributed by atoms with Gasteiger partial charge in [0.1, 0.15) is 0 Å². The molecule has 1 heterocycles. The van der Waals surface area contributed by atoms with Crippen LogP contribution in [0.2, 0.25) is 5.02 Å². The Kier molecular flexibility index (Phi) is 2.47. The van der Waals surface area contributed by atoms with Gasteiger partial charge in [-0.2, -0.15) is 0 Å². The molecule has 2 nitrogen and oxygen atoms in total. The minimum absolute atomic E-state index is 0.0656. The van der Waals surface area contributed by atoms with Crippen molar-refractivity contribution in [2.45, 2.75) is 13.3 Å². The summed E-state index contributed by atoms with van der Waals surface area (Å²) in [7, 11) is 0. The fourth-order valence-electron chi connectivity index (χ4n) is 0.892. The summed E-state index contributed by atoms with van der Waals surface area (Å²) in [5.74, 6) is 0. The van der Waals surface area contributed by atoms with Crippen LogP contribution in [0.15, 0.2) is 6.20 Å². The maximum atomic E-state index is 12.3. The van der Waals surface area contributed by atoms with E-state index in [1.54, 1.807) is 0 Å². The number of rotatable bonds is 1. The molecule has 0 aliphatic rings. The number of halogens is 3. The molecule has 0 saturated carbocycles. The predicted molar refractivity (Wildman–Crippen MR) is 43.4 cm³/mol. The topological polar surface area (TPSA) is 38.9 Å². The van der Waals surface area contributed by atoms with Gasteiger partial charge >= 0.3 is 0 Å². The standard InChI is InChI=1S/C7H7ClF2N2/c1-3-5(7(9)10)6(11)4(8)2-12-3/h2,7H,1H3,(H2,11,12). The number of hydrogen-bond acceptors (Lipinski definition) is 2. The summed E-state index contributed by atoms with van der Waals surface area (Å²) >= 11 is 5.51. The van der Waals surface area contributed by atoms with E-state index >= 15 is 0 Å². The highest BCUT2D eigenvalue weighted by Gasteiger charge is 2.17. The Morgan fingerprint density at radius 3 is 2.58 bits per heavy atom. The molecule has 0 unspecified atom stereocenters. The van der Waals surface area contributed by atoms with Crippen LogP contribution in [0.1, 0.15) is 17.7 Å². The second-order valence-electron chi connectivity index (χ2n) is 2.32. The predicted octanol–water partition coefficient (Wildman–Crippen LogP) is 2.56. The molecule has 0 atom stereocenters. The lowest BCUT2D eigenvalue weighted by molar-refractivity contribution is 0.151. The third-order valence-corrected chi connectivity index (χ3v) is 1.83. The van der Waals surface area contributed by atoms with Gasteiger partial charge in [0.2, 0.25) is 0 Å². The Balaban J connectivity index is 3.33. The smallest absolute Gasteiger partial charge is 0.267 e. The number of anilines is 1. The fourth-order valence-corrected chi connectivity index (χ4v) is 1.04. The lowest BCUT2D eigenvalue weighted by atomic mass is 10.2. The Morgan fingerprint density at radius 2 is 2.17 bits per heavy atom. The monoisotopic (exact) mass is 192 g/mol. The van der Waals surface area contributed by atoms with Gasteiger partial charge in [-0.25, -0.2) is 8.78 Å². The first-order valence-electron chi connectivity index (χ1n) is 3.22. The summed E-state index contributed by atoms with van der Waals surface area (Å²) < 4.78 is 24.6. The number of nitrogen functional groups attached to an aromatic ring is 1. The maximum absolute atomic E-state index is 12.3. The minimum Gasteiger partial charge on any atom is -0.397 e. The highest BCUT2D eigenvalue weighted by Crippen LogP contribution is 2.31. The first-order valence-corrected chi connectivity index (χ1v) is 3.60. The van der Waals surface area contributed by atoms with E-state index in [0.29, 0.717) is 0 Å². The Hall–Kier alpha value is -0.900. The van der Waals surface area contributed by atoms with Crippen molar-refractivity contribution in [2.75, 3.05) is 5.73 Å². The van der Waals surface area contributed by atoms with Crippen LogP contribution in [-0.2, 0) is 0 Å². The number of nitrogens with zero attached hydrogens (tertiary/aromatic N) is 1. The summed E-state index contributed by atoms with van der Waals surface area (Å²) in [5, 5.41) is 0.0656. The van der Waals surface area contributed by atoms with Gasteiger partial charge in [-0.3, -0.25) is 4.98 Å². The molecule has 0 radical (unpaired) electrons. The second-order valence-corrected chi connectivity index (χ2v) is 2.73. The quantitative estimate of drug-likeness (QED) is 0.743. The molecule has 2 N–H and O–H groups in total. The van der Waals surface area contributed by atoms with E-state index in [2.05, 4.69) is 4.98 Å². The van der Waals surface area contributed by atoms with Crippen molar-refractivity contribution in [3.63, 3.8) is 0 Å². The number of pyridine rings is 1. The van der Waals surface area contributed by atoms with E-state index in [1.165, 1.54) is 13.1 Å². The van der Waals surface area contributed by atoms with Crippen molar-refractivity contribution in [3.05, 3.63) is 22.5 Å². The molecule has 0 aliphatic heterocycles. The molecule has 0 amide bonds. The first kappa shape index (κ1) is 9.19. The van der Waals surface area contributed by atoms with Crippen molar-refractivity contribution in [1.82, 2.24) is 4.98 Å². The number of alkyl halides is 2. The van der Waals surface area contributed by atoms with Gasteiger partial charge in [0, 0.05) is 11.9 Å². The van der Waals surface area contributed by atoms with Crippen molar-refractivity contribution in [1.29, 1.82) is 0 Å². The Bertz CT molecular complexity index is 302. The Morgan fingerprint density at radius 1 is 1.58 bits per heavy atom. The van der Waals surface area contributed by atoms with E-state index in [9.17, 15) is 8.78 Å². The van der Waals surface area contributed by atoms with Gasteiger partial charge < -0.3 is 5.73 Å². The van der Waals surface area contributed by atoms with E-state index in [4.69, 9.17) is 17.3 Å². The van der Waals surface area contributed by atoms with Gasteiger partial charge in [-0.1, -0.05) is 11.6 Å². The third-order valence-electron chi connectivity index (χ3n) is 1.53. The highest BCUT2D eigenvalue weighted by atomic mass is 35.5. The lowest BCUT2D eigenvalue weighted by Crippen LogP contribution is -2.00. The van der Waals surface area contributed by atoms with Crippen LogP contribution in [0.25, 0.3) is 0 Å². The number of hydrogen-bond donors (Lipinski definition) is 1. The zero-order chi connectivity index (χ0) is 9.30. The summed E-state index contributed by atoms with van der Waals surface area (Å²) in [6.45, 7) is 1.47. The SMILES string of the molecule is Cc1ncc(Cl)c(N)c1C(F)F. The molecule has 0 aromatic carbocycles. The molecule has 0 saturated heterocycles. The molecule has 1 aromatic heterocycles. The van der Waals surface area contributed by atoms with Gasteiger partial charge in [-0.15, -0.1) is 0 Å². The van der Waals surface area contributed by atoms with Gasteiger partial charge in [-0.05, 0) is 6.92 Å². The molecule has 0 aliphatic carbocycles. The van der Waals surface area contributed by atoms with Gasteiger partial charge in [0.15, 0.2) is 0 Å².